The van der Waals surface area contributed by atoms with Crippen LogP contribution in [0.25, 0.3) is 10.1 Å². The third-order valence-corrected chi connectivity index (χ3v) is 3.53. The molecular formula is C10H7ClO2S. The molecule has 0 unspecified atom stereocenters. The van der Waals surface area contributed by atoms with E-state index >= 15 is 0 Å². The lowest BCUT2D eigenvalue weighted by Gasteiger charge is -2.04. The average Bonchev–Trinajstić information content (AvgIpc) is 2.50. The van der Waals surface area contributed by atoms with E-state index in [9.17, 15) is 4.79 Å². The van der Waals surface area contributed by atoms with Crippen molar-refractivity contribution in [3.05, 3.63) is 33.7 Å². The zero-order valence-corrected chi connectivity index (χ0v) is 8.95. The SMILES string of the molecule is Cc1cc2ccsc2c(Cl)c1C(=O)O. The lowest BCUT2D eigenvalue weighted by atomic mass is 10.1. The van der Waals surface area contributed by atoms with Gasteiger partial charge in [-0.15, -0.1) is 11.3 Å². The van der Waals surface area contributed by atoms with Crippen LogP contribution in [0.2, 0.25) is 5.02 Å². The Morgan fingerprint density at radius 1 is 1.57 bits per heavy atom. The molecule has 0 amide bonds. The number of fused-ring (bicyclic) bond motifs is 1. The van der Waals surface area contributed by atoms with E-state index in [1.54, 1.807) is 6.92 Å². The smallest absolute Gasteiger partial charge is 0.337 e. The molecule has 4 heteroatoms. The molecule has 0 aliphatic carbocycles. The van der Waals surface area contributed by atoms with E-state index in [1.807, 2.05) is 17.5 Å². The molecule has 2 nitrogen and oxygen atoms in total. The minimum Gasteiger partial charge on any atom is -0.478 e. The van der Waals surface area contributed by atoms with Gasteiger partial charge >= 0.3 is 5.97 Å². The Kier molecular flexibility index (Phi) is 2.21. The first-order valence-electron chi connectivity index (χ1n) is 4.01. The van der Waals surface area contributed by atoms with Crippen molar-refractivity contribution in [1.82, 2.24) is 0 Å². The number of hydrogen-bond donors (Lipinski definition) is 1. The maximum Gasteiger partial charge on any atom is 0.337 e. The van der Waals surface area contributed by atoms with Crippen LogP contribution in [-0.4, -0.2) is 11.1 Å². The summed E-state index contributed by atoms with van der Waals surface area (Å²) in [5.74, 6) is -0.970. The Bertz CT molecular complexity index is 516. The van der Waals surface area contributed by atoms with Crippen LogP contribution in [0.1, 0.15) is 15.9 Å². The van der Waals surface area contributed by atoms with Crippen LogP contribution < -0.4 is 0 Å². The quantitative estimate of drug-likeness (QED) is 0.807. The van der Waals surface area contributed by atoms with E-state index in [0.29, 0.717) is 10.6 Å². The Morgan fingerprint density at radius 2 is 2.29 bits per heavy atom. The van der Waals surface area contributed by atoms with Crippen molar-refractivity contribution in [3.63, 3.8) is 0 Å². The van der Waals surface area contributed by atoms with Crippen LogP contribution in [0.4, 0.5) is 0 Å². The monoisotopic (exact) mass is 226 g/mol. The third-order valence-electron chi connectivity index (χ3n) is 2.09. The van der Waals surface area contributed by atoms with Crippen molar-refractivity contribution in [2.24, 2.45) is 0 Å². The van der Waals surface area contributed by atoms with Gasteiger partial charge in [-0.05, 0) is 35.4 Å². The van der Waals surface area contributed by atoms with Crippen molar-refractivity contribution < 1.29 is 9.90 Å². The van der Waals surface area contributed by atoms with E-state index in [0.717, 1.165) is 10.1 Å². The first-order valence-corrected chi connectivity index (χ1v) is 5.26. The molecule has 0 radical (unpaired) electrons. The summed E-state index contributed by atoms with van der Waals surface area (Å²) in [7, 11) is 0. The predicted octanol–water partition coefficient (Wildman–Crippen LogP) is 3.56. The number of hydrogen-bond acceptors (Lipinski definition) is 2. The molecular weight excluding hydrogens is 220 g/mol. The summed E-state index contributed by atoms with van der Waals surface area (Å²) in [6.45, 7) is 1.76. The fourth-order valence-corrected chi connectivity index (χ4v) is 2.76. The topological polar surface area (TPSA) is 37.3 Å². The Labute approximate surface area is 89.7 Å². The highest BCUT2D eigenvalue weighted by Crippen LogP contribution is 2.33. The number of carboxylic acids is 1. The van der Waals surface area contributed by atoms with Crippen molar-refractivity contribution >= 4 is 39.0 Å². The summed E-state index contributed by atoms with van der Waals surface area (Å²) in [6, 6.07) is 3.78. The zero-order valence-electron chi connectivity index (χ0n) is 7.37. The minimum absolute atomic E-state index is 0.210. The van der Waals surface area contributed by atoms with Crippen LogP contribution in [0.15, 0.2) is 17.5 Å². The zero-order chi connectivity index (χ0) is 10.3. The number of aryl methyl sites for hydroxylation is 1. The van der Waals surface area contributed by atoms with Gasteiger partial charge in [-0.25, -0.2) is 4.79 Å². The molecule has 0 aliphatic rings. The van der Waals surface area contributed by atoms with Gasteiger partial charge < -0.3 is 5.11 Å². The summed E-state index contributed by atoms with van der Waals surface area (Å²) in [6.07, 6.45) is 0. The second-order valence-electron chi connectivity index (χ2n) is 3.03. The molecule has 0 atom stereocenters. The summed E-state index contributed by atoms with van der Waals surface area (Å²) >= 11 is 7.47. The van der Waals surface area contributed by atoms with E-state index in [2.05, 4.69) is 0 Å². The van der Waals surface area contributed by atoms with E-state index < -0.39 is 5.97 Å². The van der Waals surface area contributed by atoms with Gasteiger partial charge in [0, 0.05) is 0 Å². The Morgan fingerprint density at radius 3 is 2.93 bits per heavy atom. The lowest BCUT2D eigenvalue weighted by molar-refractivity contribution is 0.0696. The van der Waals surface area contributed by atoms with E-state index in [1.165, 1.54) is 11.3 Å². The van der Waals surface area contributed by atoms with Gasteiger partial charge in [-0.1, -0.05) is 11.6 Å². The van der Waals surface area contributed by atoms with Crippen molar-refractivity contribution in [2.45, 2.75) is 6.92 Å². The number of carboxylic acid groups (broad SMARTS) is 1. The second-order valence-corrected chi connectivity index (χ2v) is 4.32. The molecule has 1 heterocycles. The van der Waals surface area contributed by atoms with Gasteiger partial charge in [0.15, 0.2) is 0 Å². The summed E-state index contributed by atoms with van der Waals surface area (Å²) in [5.41, 5.74) is 0.912. The molecule has 2 aromatic rings. The number of carbonyl (C=O) groups is 1. The van der Waals surface area contributed by atoms with E-state index in [-0.39, 0.29) is 5.56 Å². The number of thiophene rings is 1. The van der Waals surface area contributed by atoms with Crippen LogP contribution in [0.3, 0.4) is 0 Å². The standard InChI is InChI=1S/C10H7ClO2S/c1-5-4-6-2-3-14-9(6)8(11)7(5)10(12)13/h2-4H,1H3,(H,12,13). The van der Waals surface area contributed by atoms with Crippen LogP contribution in [0, 0.1) is 6.92 Å². The maximum atomic E-state index is 10.9. The van der Waals surface area contributed by atoms with E-state index in [4.69, 9.17) is 16.7 Å². The third kappa shape index (κ3) is 1.29. The highest BCUT2D eigenvalue weighted by molar-refractivity contribution is 7.17. The molecule has 0 aliphatic heterocycles. The molecule has 0 bridgehead atoms. The number of rotatable bonds is 1. The Hall–Kier alpha value is -1.06. The van der Waals surface area contributed by atoms with Crippen LogP contribution in [0.5, 0.6) is 0 Å². The fourth-order valence-electron chi connectivity index (χ4n) is 1.47. The highest BCUT2D eigenvalue weighted by Gasteiger charge is 2.15. The van der Waals surface area contributed by atoms with Crippen molar-refractivity contribution in [1.29, 1.82) is 0 Å². The van der Waals surface area contributed by atoms with Gasteiger partial charge in [0.25, 0.3) is 0 Å². The normalized spacial score (nSPS) is 10.7. The molecule has 0 spiro atoms. The lowest BCUT2D eigenvalue weighted by Crippen LogP contribution is -2.00. The maximum absolute atomic E-state index is 10.9. The molecule has 1 aromatic carbocycles. The molecule has 2 rings (SSSR count). The van der Waals surface area contributed by atoms with Gasteiger partial charge in [-0.2, -0.15) is 0 Å². The second kappa shape index (κ2) is 3.26. The largest absolute Gasteiger partial charge is 0.478 e. The molecule has 72 valence electrons. The predicted molar refractivity (Wildman–Crippen MR) is 58.5 cm³/mol. The van der Waals surface area contributed by atoms with Gasteiger partial charge in [-0.3, -0.25) is 0 Å². The average molecular weight is 227 g/mol. The van der Waals surface area contributed by atoms with Crippen LogP contribution >= 0.6 is 22.9 Å². The van der Waals surface area contributed by atoms with Crippen molar-refractivity contribution in [3.8, 4) is 0 Å². The highest BCUT2D eigenvalue weighted by atomic mass is 35.5. The molecule has 1 aromatic heterocycles. The summed E-state index contributed by atoms with van der Waals surface area (Å²) in [4.78, 5) is 10.9. The molecule has 1 N–H and O–H groups in total. The number of aromatic carboxylic acids is 1. The summed E-state index contributed by atoms with van der Waals surface area (Å²) < 4.78 is 0.842. The molecule has 0 saturated carbocycles. The molecule has 14 heavy (non-hydrogen) atoms. The van der Waals surface area contributed by atoms with Gasteiger partial charge in [0.2, 0.25) is 0 Å². The molecule has 0 saturated heterocycles. The summed E-state index contributed by atoms with van der Waals surface area (Å²) in [5, 5.41) is 12.2. The van der Waals surface area contributed by atoms with Gasteiger partial charge in [0.1, 0.15) is 0 Å². The van der Waals surface area contributed by atoms with Gasteiger partial charge in [0.05, 0.1) is 15.3 Å². The molecule has 0 fully saturated rings. The van der Waals surface area contributed by atoms with Crippen LogP contribution in [-0.2, 0) is 0 Å². The Balaban J connectivity index is 2.89. The first kappa shape index (κ1) is 9.49. The number of halogens is 1. The first-order chi connectivity index (χ1) is 6.61. The van der Waals surface area contributed by atoms with Crippen molar-refractivity contribution in [2.75, 3.05) is 0 Å². The fraction of sp³-hybridized carbons (Fsp3) is 0.100. The minimum atomic E-state index is -0.970. The number of benzene rings is 1.